The molecule has 0 nitrogen and oxygen atoms in total. The van der Waals surface area contributed by atoms with Crippen LogP contribution in [0.2, 0.25) is 0 Å². The number of unbranched alkanes of at least 4 members (excludes halogenated alkanes) is 1. The Kier molecular flexibility index (Phi) is 7.31. The summed E-state index contributed by atoms with van der Waals surface area (Å²) in [5, 5.41) is 0. The van der Waals surface area contributed by atoms with Crippen LogP contribution in [0.4, 0.5) is 0 Å². The zero-order valence-electron chi connectivity index (χ0n) is 44.9. The van der Waals surface area contributed by atoms with E-state index in [1.54, 1.807) is 0 Å². The molecule has 0 amide bonds. The van der Waals surface area contributed by atoms with Crippen LogP contribution >= 0.6 is 45.2 Å². The molecule has 24 unspecified atom stereocenters. The molecule has 12 aliphatic rings. The zero-order chi connectivity index (χ0) is 46.1. The Morgan fingerprint density at radius 3 is 1.65 bits per heavy atom. The third-order valence-corrected chi connectivity index (χ3v) is 41.3. The summed E-state index contributed by atoms with van der Waals surface area (Å²) in [6.45, 7) is 65.1. The van der Waals surface area contributed by atoms with Crippen LogP contribution in [-0.2, 0) is 0 Å². The Balaban J connectivity index is 1.07. The van der Waals surface area contributed by atoms with Gasteiger partial charge in [-0.3, -0.25) is 0 Å². The van der Waals surface area contributed by atoms with Crippen LogP contribution in [0.1, 0.15) is 223 Å². The van der Waals surface area contributed by atoms with Gasteiger partial charge in [0, 0.05) is 6.84 Å². The SMILES string of the molecule is CCCCC12C(C)(CC)C(C)(C)C1(C)C1(C)C(C)C3(CCCC45C(C)(C(C)C4(C)C4(I)C(C)C6(C)C7(C)C(C)C89C(CCC64C78C)CC94C(C)C(C)(C)C4(C)C)C(C)C35C)C12I. The first-order chi connectivity index (χ1) is 28.1. The summed E-state index contributed by atoms with van der Waals surface area (Å²) in [6, 6.07) is 0. The van der Waals surface area contributed by atoms with Gasteiger partial charge in [0.1, 0.15) is 0 Å². The average Bonchev–Trinajstić information content (AvgIpc) is 3.22. The van der Waals surface area contributed by atoms with Crippen molar-refractivity contribution in [2.75, 3.05) is 0 Å². The second-order valence-corrected chi connectivity index (χ2v) is 34.1. The molecule has 12 fully saturated rings. The third-order valence-electron chi connectivity index (χ3n) is 35.3. The molecule has 12 saturated carbocycles. The van der Waals surface area contributed by atoms with Gasteiger partial charge in [0.15, 0.2) is 0 Å². The van der Waals surface area contributed by atoms with Crippen molar-refractivity contribution in [2.24, 2.45) is 139 Å². The molecule has 0 bridgehead atoms. The fraction of sp³-hybridized carbons (Fsp3) is 1.00. The van der Waals surface area contributed by atoms with Crippen LogP contribution in [0, 0.1) is 139 Å². The van der Waals surface area contributed by atoms with Crippen molar-refractivity contribution >= 4 is 45.2 Å². The molecule has 12 rings (SSSR count). The van der Waals surface area contributed by atoms with Crippen molar-refractivity contribution in [3.05, 3.63) is 0 Å². The molecule has 0 N–H and O–H groups in total. The number of hydrogen-bond donors (Lipinski definition) is 0. The summed E-state index contributed by atoms with van der Waals surface area (Å²) in [4.78, 5) is 0. The first kappa shape index (κ1) is 44.7. The second kappa shape index (κ2) is 10.2. The maximum atomic E-state index is 3.44. The van der Waals surface area contributed by atoms with Crippen molar-refractivity contribution in [3.63, 3.8) is 0 Å². The summed E-state index contributed by atoms with van der Waals surface area (Å²) in [6.07, 6.45) is 14.5. The van der Waals surface area contributed by atoms with Gasteiger partial charge in [0.2, 0.25) is 0 Å². The van der Waals surface area contributed by atoms with E-state index in [0.717, 1.165) is 41.4 Å². The van der Waals surface area contributed by atoms with Crippen molar-refractivity contribution in [2.45, 2.75) is 230 Å². The first-order valence-electron chi connectivity index (χ1n) is 27.4. The molecule has 0 aromatic carbocycles. The number of rotatable bonds is 5. The van der Waals surface area contributed by atoms with Gasteiger partial charge < -0.3 is 0 Å². The molecule has 5 spiro atoms. The fourth-order valence-corrected chi connectivity index (χ4v) is 39.2. The standard InChI is InChI=1S/C60H96I2/c1-24-26-30-55-44(15,25-2)43(13,14)51(55,22)48(19)37(6)53(60(48,55)62)29-27-31-56-45(16,35(4)49(53,56)20)36(5)50(56,21)59(61)39(8)47(18)46(17)38(7)58-40(28-32-57(47,59)52(46,58)23)33-54(58)34(3)41(9,10)42(54,11)12/h34-40H,24-33H2,1-23H3. The Bertz CT molecular complexity index is 2190. The topological polar surface area (TPSA) is 0 Å². The summed E-state index contributed by atoms with van der Waals surface area (Å²) in [5.41, 5.74) is 6.95. The maximum Gasteiger partial charge on any atom is 0.0415 e. The molecule has 0 radical (unpaired) electrons. The monoisotopic (exact) mass is 1070 g/mol. The predicted octanol–water partition coefficient (Wildman–Crippen LogP) is 17.9. The molecule has 350 valence electrons. The molecule has 62 heavy (non-hydrogen) atoms. The highest BCUT2D eigenvalue weighted by molar-refractivity contribution is 14.1. The largest absolute Gasteiger partial charge is 0.0773 e. The highest BCUT2D eigenvalue weighted by Gasteiger charge is 3.14. The minimum absolute atomic E-state index is 0.292. The summed E-state index contributed by atoms with van der Waals surface area (Å²) in [5.74, 6) is 5.55. The fourth-order valence-electron chi connectivity index (χ4n) is 32.6. The van der Waals surface area contributed by atoms with Gasteiger partial charge in [0.05, 0.1) is 0 Å². The second-order valence-electron chi connectivity index (χ2n) is 30.8. The van der Waals surface area contributed by atoms with Crippen LogP contribution in [0.5, 0.6) is 0 Å². The lowest BCUT2D eigenvalue weighted by molar-refractivity contribution is -0.642. The number of alkyl halides is 2. The predicted molar refractivity (Wildman–Crippen MR) is 278 cm³/mol. The third kappa shape index (κ3) is 2.42. The first-order valence-corrected chi connectivity index (χ1v) is 29.6. The van der Waals surface area contributed by atoms with Gasteiger partial charge in [-0.15, -0.1) is 0 Å². The highest BCUT2D eigenvalue weighted by atomic mass is 127. The van der Waals surface area contributed by atoms with Crippen molar-refractivity contribution < 1.29 is 0 Å². The van der Waals surface area contributed by atoms with Crippen molar-refractivity contribution in [1.29, 1.82) is 0 Å². The van der Waals surface area contributed by atoms with Gasteiger partial charge in [0.25, 0.3) is 0 Å². The Hall–Kier alpha value is 1.46. The lowest BCUT2D eigenvalue weighted by Crippen LogP contribution is -3.12. The van der Waals surface area contributed by atoms with Crippen LogP contribution < -0.4 is 0 Å². The molecule has 0 aromatic rings. The number of hydrogen-bond acceptors (Lipinski definition) is 0. The summed E-state index contributed by atoms with van der Waals surface area (Å²) in [7, 11) is 0. The Labute approximate surface area is 411 Å². The smallest absolute Gasteiger partial charge is 0.0415 e. The molecular formula is C60H96I2. The van der Waals surface area contributed by atoms with Crippen LogP contribution in [0.25, 0.3) is 0 Å². The van der Waals surface area contributed by atoms with E-state index in [-0.39, 0.29) is 0 Å². The summed E-state index contributed by atoms with van der Waals surface area (Å²) < 4.78 is 0.617. The Morgan fingerprint density at radius 2 is 1.10 bits per heavy atom. The van der Waals surface area contributed by atoms with Gasteiger partial charge >= 0.3 is 0 Å². The van der Waals surface area contributed by atoms with Gasteiger partial charge in [-0.2, -0.15) is 0 Å². The van der Waals surface area contributed by atoms with Gasteiger partial charge in [-0.05, 0) is 184 Å². The van der Waals surface area contributed by atoms with E-state index in [2.05, 4.69) is 204 Å². The summed E-state index contributed by atoms with van der Waals surface area (Å²) >= 11 is 6.83. The van der Waals surface area contributed by atoms with Crippen LogP contribution in [0.3, 0.4) is 0 Å². The molecule has 0 aliphatic heterocycles. The lowest BCUT2D eigenvalue weighted by atomic mass is 8.92. The van der Waals surface area contributed by atoms with E-state index in [1.165, 1.54) is 64.2 Å². The van der Waals surface area contributed by atoms with E-state index in [1.807, 2.05) is 0 Å². The van der Waals surface area contributed by atoms with E-state index < -0.39 is 0 Å². The van der Waals surface area contributed by atoms with Crippen LogP contribution in [0.15, 0.2) is 0 Å². The molecule has 24 atom stereocenters. The molecular weight excluding hydrogens is 974 g/mol. The minimum atomic E-state index is 0.292. The van der Waals surface area contributed by atoms with Gasteiger partial charge in [-0.25, -0.2) is 0 Å². The van der Waals surface area contributed by atoms with Crippen molar-refractivity contribution in [1.82, 2.24) is 0 Å². The molecule has 0 saturated heterocycles. The van der Waals surface area contributed by atoms with E-state index >= 15 is 0 Å². The molecule has 0 heterocycles. The number of fused-ring (bicyclic) bond motifs is 7. The average molecular weight is 1070 g/mol. The quantitative estimate of drug-likeness (QED) is 0.190. The van der Waals surface area contributed by atoms with E-state index in [4.69, 9.17) is 0 Å². The maximum absolute atomic E-state index is 3.44. The Morgan fingerprint density at radius 1 is 0.516 bits per heavy atom. The van der Waals surface area contributed by atoms with E-state index in [0.29, 0.717) is 104 Å². The molecule has 2 heteroatoms. The highest BCUT2D eigenvalue weighted by Crippen LogP contribution is 3.17. The molecule has 12 aliphatic carbocycles. The minimum Gasteiger partial charge on any atom is -0.0773 e. The zero-order valence-corrected chi connectivity index (χ0v) is 49.2. The van der Waals surface area contributed by atoms with Crippen LogP contribution in [-0.4, -0.2) is 6.84 Å². The molecule has 0 aromatic heterocycles. The lowest BCUT2D eigenvalue weighted by Gasteiger charge is -3.13. The van der Waals surface area contributed by atoms with Gasteiger partial charge in [-0.1, -0.05) is 224 Å². The normalized spacial score (nSPS) is 73.8. The van der Waals surface area contributed by atoms with E-state index in [9.17, 15) is 0 Å². The number of halogens is 2. The van der Waals surface area contributed by atoms with Crippen molar-refractivity contribution in [3.8, 4) is 0 Å².